The molecule has 0 radical (unpaired) electrons. The highest BCUT2D eigenvalue weighted by molar-refractivity contribution is 7.93. The standard InChI is InChI=1S/C14H17N3O2S2/c1-9-8-10(6-7-11(9)15)21(18,19)17-14-16-12-4-2-3-5-13(12)20-14/h6-8H,2-5,15H2,1H3,(H,16,17). The van der Waals surface area contributed by atoms with Crippen molar-refractivity contribution in [3.63, 3.8) is 0 Å². The Balaban J connectivity index is 1.88. The number of aryl methyl sites for hydroxylation is 3. The molecule has 0 saturated heterocycles. The van der Waals surface area contributed by atoms with Gasteiger partial charge in [-0.2, -0.15) is 0 Å². The van der Waals surface area contributed by atoms with Crippen LogP contribution in [0.25, 0.3) is 0 Å². The first-order chi connectivity index (χ1) is 9.95. The summed E-state index contributed by atoms with van der Waals surface area (Å²) in [6.07, 6.45) is 4.21. The van der Waals surface area contributed by atoms with Crippen molar-refractivity contribution in [2.24, 2.45) is 0 Å². The quantitative estimate of drug-likeness (QED) is 0.851. The molecular formula is C14H17N3O2S2. The maximum absolute atomic E-state index is 12.4. The number of aromatic nitrogens is 1. The number of anilines is 2. The average molecular weight is 323 g/mol. The molecule has 1 aromatic heterocycles. The molecule has 5 nitrogen and oxygen atoms in total. The van der Waals surface area contributed by atoms with Gasteiger partial charge in [0.2, 0.25) is 0 Å². The number of hydrogen-bond donors (Lipinski definition) is 2. The molecule has 0 atom stereocenters. The lowest BCUT2D eigenvalue weighted by Crippen LogP contribution is -2.13. The molecule has 0 amide bonds. The van der Waals surface area contributed by atoms with Gasteiger partial charge in [-0.3, -0.25) is 4.72 Å². The fraction of sp³-hybridized carbons (Fsp3) is 0.357. The zero-order valence-electron chi connectivity index (χ0n) is 11.7. The minimum absolute atomic E-state index is 0.211. The highest BCUT2D eigenvalue weighted by Gasteiger charge is 2.20. The van der Waals surface area contributed by atoms with Crippen molar-refractivity contribution in [1.82, 2.24) is 4.98 Å². The predicted molar refractivity (Wildman–Crippen MR) is 85.2 cm³/mol. The van der Waals surface area contributed by atoms with Gasteiger partial charge in [0.15, 0.2) is 5.13 Å². The second-order valence-electron chi connectivity index (χ2n) is 5.22. The van der Waals surface area contributed by atoms with Gasteiger partial charge in [-0.05, 0) is 56.4 Å². The molecule has 1 aliphatic carbocycles. The van der Waals surface area contributed by atoms with E-state index in [0.717, 1.165) is 36.9 Å². The van der Waals surface area contributed by atoms with Crippen LogP contribution in [0.1, 0.15) is 29.0 Å². The van der Waals surface area contributed by atoms with Crippen LogP contribution in [-0.4, -0.2) is 13.4 Å². The Bertz CT molecular complexity index is 758. The molecule has 0 unspecified atom stereocenters. The van der Waals surface area contributed by atoms with E-state index in [9.17, 15) is 8.42 Å². The van der Waals surface area contributed by atoms with E-state index in [1.165, 1.54) is 22.3 Å². The van der Waals surface area contributed by atoms with Gasteiger partial charge in [0.1, 0.15) is 0 Å². The van der Waals surface area contributed by atoms with Gasteiger partial charge >= 0.3 is 0 Å². The second-order valence-corrected chi connectivity index (χ2v) is 7.99. The van der Waals surface area contributed by atoms with Crippen LogP contribution in [0.2, 0.25) is 0 Å². The minimum atomic E-state index is -3.61. The fourth-order valence-corrected chi connectivity index (χ4v) is 4.75. The van der Waals surface area contributed by atoms with Gasteiger partial charge < -0.3 is 5.73 Å². The minimum Gasteiger partial charge on any atom is -0.399 e. The van der Waals surface area contributed by atoms with Gasteiger partial charge in [-0.15, -0.1) is 11.3 Å². The van der Waals surface area contributed by atoms with Crippen LogP contribution in [-0.2, 0) is 22.9 Å². The summed E-state index contributed by atoms with van der Waals surface area (Å²) in [4.78, 5) is 5.82. The van der Waals surface area contributed by atoms with E-state index < -0.39 is 10.0 Å². The second kappa shape index (κ2) is 5.31. The summed E-state index contributed by atoms with van der Waals surface area (Å²) in [6, 6.07) is 4.69. The number of benzene rings is 1. The molecule has 1 heterocycles. The van der Waals surface area contributed by atoms with Crippen molar-refractivity contribution in [2.45, 2.75) is 37.5 Å². The van der Waals surface area contributed by atoms with Crippen molar-refractivity contribution in [3.8, 4) is 0 Å². The average Bonchev–Trinajstić information content (AvgIpc) is 2.82. The van der Waals surface area contributed by atoms with E-state index in [2.05, 4.69) is 9.71 Å². The smallest absolute Gasteiger partial charge is 0.263 e. The number of hydrogen-bond acceptors (Lipinski definition) is 5. The molecule has 21 heavy (non-hydrogen) atoms. The lowest BCUT2D eigenvalue weighted by atomic mass is 10.0. The number of nitrogen functional groups attached to an aromatic ring is 1. The van der Waals surface area contributed by atoms with E-state index in [0.29, 0.717) is 10.8 Å². The van der Waals surface area contributed by atoms with E-state index in [4.69, 9.17) is 5.73 Å². The fourth-order valence-electron chi connectivity index (χ4n) is 2.38. The third-order valence-corrected chi connectivity index (χ3v) is 6.16. The summed E-state index contributed by atoms with van der Waals surface area (Å²) < 4.78 is 27.4. The molecule has 1 aliphatic rings. The molecule has 3 N–H and O–H groups in total. The van der Waals surface area contributed by atoms with Crippen molar-refractivity contribution in [1.29, 1.82) is 0 Å². The zero-order valence-corrected chi connectivity index (χ0v) is 13.4. The Hall–Kier alpha value is -1.60. The Morgan fingerprint density at radius 1 is 1.29 bits per heavy atom. The predicted octanol–water partition coefficient (Wildman–Crippen LogP) is 2.71. The number of nitrogens with one attached hydrogen (secondary N) is 1. The van der Waals surface area contributed by atoms with E-state index in [1.54, 1.807) is 19.1 Å². The number of nitrogens with two attached hydrogens (primary N) is 1. The largest absolute Gasteiger partial charge is 0.399 e. The van der Waals surface area contributed by atoms with Crippen LogP contribution >= 0.6 is 11.3 Å². The summed E-state index contributed by atoms with van der Waals surface area (Å²) in [5.74, 6) is 0. The Kier molecular flexibility index (Phi) is 3.62. The van der Waals surface area contributed by atoms with Gasteiger partial charge in [0, 0.05) is 10.6 Å². The van der Waals surface area contributed by atoms with Gasteiger partial charge in [0.05, 0.1) is 10.6 Å². The molecule has 3 rings (SSSR count). The Labute approximate surface area is 128 Å². The maximum atomic E-state index is 12.4. The van der Waals surface area contributed by atoms with Crippen LogP contribution < -0.4 is 10.5 Å². The van der Waals surface area contributed by atoms with E-state index in [-0.39, 0.29) is 4.90 Å². The lowest BCUT2D eigenvalue weighted by Gasteiger charge is -2.07. The van der Waals surface area contributed by atoms with Gasteiger partial charge in [-0.1, -0.05) is 0 Å². The number of sulfonamides is 1. The van der Waals surface area contributed by atoms with Crippen LogP contribution in [0.3, 0.4) is 0 Å². The molecule has 0 aliphatic heterocycles. The first kappa shape index (κ1) is 14.3. The topological polar surface area (TPSA) is 85.1 Å². The number of thiazole rings is 1. The molecule has 0 bridgehead atoms. The SMILES string of the molecule is Cc1cc(S(=O)(=O)Nc2nc3c(s2)CCCC3)ccc1N. The molecule has 0 fully saturated rings. The first-order valence-corrected chi connectivity index (χ1v) is 9.13. The van der Waals surface area contributed by atoms with Crippen LogP contribution in [0.5, 0.6) is 0 Å². The molecule has 0 saturated carbocycles. The molecule has 112 valence electrons. The van der Waals surface area contributed by atoms with Crippen LogP contribution in [0, 0.1) is 6.92 Å². The third-order valence-electron chi connectivity index (χ3n) is 3.62. The van der Waals surface area contributed by atoms with Gasteiger partial charge in [0.25, 0.3) is 10.0 Å². The number of fused-ring (bicyclic) bond motifs is 1. The van der Waals surface area contributed by atoms with Crippen LogP contribution in [0.15, 0.2) is 23.1 Å². The van der Waals surface area contributed by atoms with Gasteiger partial charge in [-0.25, -0.2) is 13.4 Å². The molecule has 7 heteroatoms. The molecular weight excluding hydrogens is 306 g/mol. The molecule has 1 aromatic carbocycles. The summed E-state index contributed by atoms with van der Waals surface area (Å²) in [6.45, 7) is 1.79. The highest BCUT2D eigenvalue weighted by Crippen LogP contribution is 2.31. The summed E-state index contributed by atoms with van der Waals surface area (Å²) in [7, 11) is -3.61. The monoisotopic (exact) mass is 323 g/mol. The summed E-state index contributed by atoms with van der Waals surface area (Å²) in [5.41, 5.74) is 8.09. The molecule has 0 spiro atoms. The Morgan fingerprint density at radius 2 is 2.05 bits per heavy atom. The maximum Gasteiger partial charge on any atom is 0.263 e. The number of rotatable bonds is 3. The van der Waals surface area contributed by atoms with Crippen molar-refractivity contribution >= 4 is 32.2 Å². The highest BCUT2D eigenvalue weighted by atomic mass is 32.2. The van der Waals surface area contributed by atoms with Crippen molar-refractivity contribution < 1.29 is 8.42 Å². The van der Waals surface area contributed by atoms with E-state index >= 15 is 0 Å². The summed E-state index contributed by atoms with van der Waals surface area (Å²) in [5, 5.41) is 0.455. The number of nitrogens with zero attached hydrogens (tertiary/aromatic N) is 1. The normalized spacial score (nSPS) is 14.7. The van der Waals surface area contributed by atoms with Crippen molar-refractivity contribution in [2.75, 3.05) is 10.5 Å². The zero-order chi connectivity index (χ0) is 15.0. The lowest BCUT2D eigenvalue weighted by molar-refractivity contribution is 0.601. The third kappa shape index (κ3) is 2.89. The van der Waals surface area contributed by atoms with Crippen LogP contribution in [0.4, 0.5) is 10.8 Å². The molecule has 2 aromatic rings. The first-order valence-electron chi connectivity index (χ1n) is 6.83. The van der Waals surface area contributed by atoms with Crippen molar-refractivity contribution in [3.05, 3.63) is 34.3 Å². The summed E-state index contributed by atoms with van der Waals surface area (Å²) >= 11 is 1.44. The van der Waals surface area contributed by atoms with E-state index in [1.807, 2.05) is 0 Å². The Morgan fingerprint density at radius 3 is 2.76 bits per heavy atom.